The van der Waals surface area contributed by atoms with Gasteiger partial charge in [-0.25, -0.2) is 0 Å². The lowest BCUT2D eigenvalue weighted by Gasteiger charge is -2.09. The van der Waals surface area contributed by atoms with Crippen molar-refractivity contribution in [2.24, 2.45) is 11.7 Å². The van der Waals surface area contributed by atoms with Gasteiger partial charge in [-0.1, -0.05) is 86.3 Å². The molecule has 0 heterocycles. The Morgan fingerprint density at radius 3 is 1.75 bits per heavy atom. The van der Waals surface area contributed by atoms with Crippen molar-refractivity contribution >= 4 is 0 Å². The smallest absolute Gasteiger partial charge is 0.00509 e. The fraction of sp³-hybridized carbons (Fsp3) is 0.478. The molecule has 0 saturated carbocycles. The third-order valence-electron chi connectivity index (χ3n) is 4.09. The third kappa shape index (κ3) is 8.88. The summed E-state index contributed by atoms with van der Waals surface area (Å²) < 4.78 is 0. The molecule has 0 aliphatic carbocycles. The molecular formula is C23H35N. The summed E-state index contributed by atoms with van der Waals surface area (Å²) in [6, 6.07) is 17.6. The van der Waals surface area contributed by atoms with E-state index in [1.54, 1.807) is 0 Å². The molecule has 0 aliphatic heterocycles. The maximum Gasteiger partial charge on any atom is 0.00509 e. The number of aryl methyl sites for hydroxylation is 2. The zero-order valence-corrected chi connectivity index (χ0v) is 16.2. The van der Waals surface area contributed by atoms with Crippen LogP contribution in [0.3, 0.4) is 0 Å². The largest absolute Gasteiger partial charge is 0.328 e. The summed E-state index contributed by atoms with van der Waals surface area (Å²) in [5.41, 5.74) is 11.2. The van der Waals surface area contributed by atoms with Crippen molar-refractivity contribution in [1.29, 1.82) is 0 Å². The van der Waals surface area contributed by atoms with E-state index in [4.69, 9.17) is 5.73 Å². The van der Waals surface area contributed by atoms with Gasteiger partial charge in [0.2, 0.25) is 0 Å². The molecule has 0 aromatic heterocycles. The summed E-state index contributed by atoms with van der Waals surface area (Å²) >= 11 is 0. The highest BCUT2D eigenvalue weighted by Gasteiger charge is 2.02. The van der Waals surface area contributed by atoms with E-state index in [9.17, 15) is 0 Å². The van der Waals surface area contributed by atoms with Crippen LogP contribution in [0.2, 0.25) is 0 Å². The molecule has 1 heteroatoms. The van der Waals surface area contributed by atoms with Gasteiger partial charge in [0.25, 0.3) is 0 Å². The highest BCUT2D eigenvalue weighted by Crippen LogP contribution is 2.14. The maximum atomic E-state index is 5.67. The predicted octanol–water partition coefficient (Wildman–Crippen LogP) is 5.86. The van der Waals surface area contributed by atoms with Crippen molar-refractivity contribution in [3.8, 4) is 0 Å². The second-order valence-electron chi connectivity index (χ2n) is 7.26. The van der Waals surface area contributed by atoms with E-state index in [0.29, 0.717) is 0 Å². The summed E-state index contributed by atoms with van der Waals surface area (Å²) in [6.45, 7) is 10.9. The summed E-state index contributed by atoms with van der Waals surface area (Å²) in [7, 11) is 0. The van der Waals surface area contributed by atoms with E-state index in [1.807, 2.05) is 6.92 Å². The summed E-state index contributed by atoms with van der Waals surface area (Å²) in [6.07, 6.45) is 4.85. The van der Waals surface area contributed by atoms with Crippen LogP contribution in [-0.2, 0) is 12.8 Å². The lowest BCUT2D eigenvalue weighted by atomic mass is 9.96. The first-order chi connectivity index (χ1) is 11.4. The van der Waals surface area contributed by atoms with Crippen molar-refractivity contribution in [3.63, 3.8) is 0 Å². The predicted molar refractivity (Wildman–Crippen MR) is 107 cm³/mol. The Hall–Kier alpha value is -1.60. The zero-order valence-electron chi connectivity index (χ0n) is 16.2. The fourth-order valence-electron chi connectivity index (χ4n) is 3.05. The second kappa shape index (κ2) is 11.0. The van der Waals surface area contributed by atoms with E-state index in [1.165, 1.54) is 41.5 Å². The van der Waals surface area contributed by atoms with Crippen molar-refractivity contribution < 1.29 is 0 Å². The normalized spacial score (nSPS) is 12.9. The number of benzene rings is 2. The van der Waals surface area contributed by atoms with E-state index in [2.05, 4.69) is 76.2 Å². The Morgan fingerprint density at radius 1 is 0.833 bits per heavy atom. The quantitative estimate of drug-likeness (QED) is 0.707. The maximum absolute atomic E-state index is 5.67. The van der Waals surface area contributed by atoms with E-state index < -0.39 is 0 Å². The molecule has 132 valence electrons. The molecule has 0 radical (unpaired) electrons. The lowest BCUT2D eigenvalue weighted by molar-refractivity contribution is 0.522. The van der Waals surface area contributed by atoms with Gasteiger partial charge in [-0.3, -0.25) is 0 Å². The molecule has 0 bridgehead atoms. The molecule has 2 aromatic carbocycles. The first kappa shape index (κ1) is 20.4. The Balaban J connectivity index is 0.000000243. The van der Waals surface area contributed by atoms with Crippen LogP contribution in [0.4, 0.5) is 0 Å². The van der Waals surface area contributed by atoms with Gasteiger partial charge in [0.15, 0.2) is 0 Å². The number of hydrogen-bond donors (Lipinski definition) is 1. The molecule has 0 amide bonds. The Bertz CT molecular complexity index is 586. The molecule has 0 spiro atoms. The number of hydrogen-bond acceptors (Lipinski definition) is 1. The van der Waals surface area contributed by atoms with E-state index in [-0.39, 0.29) is 6.04 Å². The Morgan fingerprint density at radius 2 is 1.33 bits per heavy atom. The van der Waals surface area contributed by atoms with Crippen LogP contribution in [0.25, 0.3) is 0 Å². The molecule has 0 saturated heterocycles. The van der Waals surface area contributed by atoms with Crippen LogP contribution >= 0.6 is 0 Å². The van der Waals surface area contributed by atoms with Crippen molar-refractivity contribution in [2.45, 2.75) is 66.3 Å². The molecule has 2 aromatic rings. The molecule has 24 heavy (non-hydrogen) atoms. The first-order valence-electron chi connectivity index (χ1n) is 9.27. The second-order valence-corrected chi connectivity index (χ2v) is 7.26. The van der Waals surface area contributed by atoms with Crippen molar-refractivity contribution in [2.75, 3.05) is 0 Å². The van der Waals surface area contributed by atoms with Gasteiger partial charge in [-0.15, -0.1) is 0 Å². The average molecular weight is 326 g/mol. The standard InChI is InChI=1S/C13H20.C10H15N/c1-4-6-11(2)9-13-8-5-7-12(3)10-13;1-8-4-3-5-10(6-8)7-9(2)11/h5,7-8,10-11H,4,6,9H2,1-3H3;3-6,9H,7,11H2,1-2H3. The first-order valence-corrected chi connectivity index (χ1v) is 9.27. The molecular weight excluding hydrogens is 290 g/mol. The Kier molecular flexibility index (Phi) is 9.41. The van der Waals surface area contributed by atoms with E-state index >= 15 is 0 Å². The Labute approximate surface area is 149 Å². The van der Waals surface area contributed by atoms with E-state index in [0.717, 1.165) is 12.3 Å². The number of nitrogens with two attached hydrogens (primary N) is 1. The van der Waals surface area contributed by atoms with Gasteiger partial charge in [0.05, 0.1) is 0 Å². The highest BCUT2D eigenvalue weighted by atomic mass is 14.6. The molecule has 2 unspecified atom stereocenters. The van der Waals surface area contributed by atoms with Crippen molar-refractivity contribution in [1.82, 2.24) is 0 Å². The molecule has 2 rings (SSSR count). The summed E-state index contributed by atoms with van der Waals surface area (Å²) in [5, 5.41) is 0. The van der Waals surface area contributed by atoms with Gasteiger partial charge in [0, 0.05) is 6.04 Å². The van der Waals surface area contributed by atoms with Gasteiger partial charge in [-0.2, -0.15) is 0 Å². The van der Waals surface area contributed by atoms with Crippen LogP contribution in [0.15, 0.2) is 48.5 Å². The fourth-order valence-corrected chi connectivity index (χ4v) is 3.05. The minimum Gasteiger partial charge on any atom is -0.328 e. The van der Waals surface area contributed by atoms with Gasteiger partial charge < -0.3 is 5.73 Å². The molecule has 0 aliphatic rings. The zero-order chi connectivity index (χ0) is 17.9. The highest BCUT2D eigenvalue weighted by molar-refractivity contribution is 5.23. The molecule has 2 atom stereocenters. The van der Waals surface area contributed by atoms with Crippen LogP contribution in [0, 0.1) is 19.8 Å². The topological polar surface area (TPSA) is 26.0 Å². The number of rotatable bonds is 6. The monoisotopic (exact) mass is 325 g/mol. The van der Waals surface area contributed by atoms with Gasteiger partial charge in [-0.05, 0) is 50.7 Å². The lowest BCUT2D eigenvalue weighted by Crippen LogP contribution is -2.17. The average Bonchev–Trinajstić information content (AvgIpc) is 2.47. The van der Waals surface area contributed by atoms with Crippen LogP contribution in [0.5, 0.6) is 0 Å². The van der Waals surface area contributed by atoms with Gasteiger partial charge in [0.1, 0.15) is 0 Å². The van der Waals surface area contributed by atoms with Gasteiger partial charge >= 0.3 is 0 Å². The van der Waals surface area contributed by atoms with Crippen molar-refractivity contribution in [3.05, 3.63) is 70.8 Å². The molecule has 0 fully saturated rings. The summed E-state index contributed by atoms with van der Waals surface area (Å²) in [5.74, 6) is 0.826. The van der Waals surface area contributed by atoms with Crippen LogP contribution in [-0.4, -0.2) is 6.04 Å². The minimum absolute atomic E-state index is 0.261. The minimum atomic E-state index is 0.261. The molecule has 1 nitrogen and oxygen atoms in total. The molecule has 2 N–H and O–H groups in total. The van der Waals surface area contributed by atoms with Crippen LogP contribution in [0.1, 0.15) is 55.9 Å². The van der Waals surface area contributed by atoms with Crippen LogP contribution < -0.4 is 5.73 Å². The third-order valence-corrected chi connectivity index (χ3v) is 4.09. The SMILES string of the molecule is CCCC(C)Cc1cccc(C)c1.Cc1cccc(CC(C)N)c1. The summed E-state index contributed by atoms with van der Waals surface area (Å²) in [4.78, 5) is 0.